The van der Waals surface area contributed by atoms with Gasteiger partial charge in [0.15, 0.2) is 0 Å². The zero-order valence-electron chi connectivity index (χ0n) is 14.4. The molecule has 1 fully saturated rings. The Morgan fingerprint density at radius 2 is 1.61 bits per heavy atom. The molecule has 3 N–H and O–H groups in total. The van der Waals surface area contributed by atoms with E-state index >= 15 is 0 Å². The number of quaternary nitrogens is 1. The first-order valence-electron chi connectivity index (χ1n) is 8.28. The van der Waals surface area contributed by atoms with Crippen molar-refractivity contribution in [2.24, 2.45) is 0 Å². The summed E-state index contributed by atoms with van der Waals surface area (Å²) in [4.78, 5) is 0.855. The number of hydrogen-bond acceptors (Lipinski definition) is 1. The first-order valence-corrected chi connectivity index (χ1v) is 9.43. The van der Waals surface area contributed by atoms with Crippen LogP contribution in [0.5, 0.6) is 0 Å². The average molecular weight is 332 g/mol. The fourth-order valence-corrected chi connectivity index (χ4v) is 5.13. The molecule has 0 amide bonds. The molecule has 4 heteroatoms. The largest absolute Gasteiger partial charge is 0.337 e. The lowest BCUT2D eigenvalue weighted by Gasteiger charge is -2.42. The molecule has 23 heavy (non-hydrogen) atoms. The highest BCUT2D eigenvalue weighted by molar-refractivity contribution is 7.83. The number of nitrogens with two attached hydrogens (primary N) is 1. The van der Waals surface area contributed by atoms with Crippen molar-refractivity contribution in [3.8, 4) is 0 Å². The zero-order valence-corrected chi connectivity index (χ0v) is 15.2. The van der Waals surface area contributed by atoms with E-state index in [-0.39, 0.29) is 17.1 Å². The highest BCUT2D eigenvalue weighted by Crippen LogP contribution is 2.23. The summed E-state index contributed by atoms with van der Waals surface area (Å²) in [6, 6.07) is 14.5. The summed E-state index contributed by atoms with van der Waals surface area (Å²) in [6.07, 6.45) is 2.05. The summed E-state index contributed by atoms with van der Waals surface area (Å²) >= 11 is 0. The maximum absolute atomic E-state index is 12.8. The highest BCUT2D eigenvalue weighted by atomic mass is 32.2. The Balaban J connectivity index is 1.77. The van der Waals surface area contributed by atoms with Crippen molar-refractivity contribution in [2.75, 3.05) is 0 Å². The number of nitrogens with one attached hydrogen (secondary N) is 1. The van der Waals surface area contributed by atoms with Crippen molar-refractivity contribution in [3.05, 3.63) is 42.5 Å². The van der Waals surface area contributed by atoms with Gasteiger partial charge < -0.3 is 5.32 Å². The Kier molecular flexibility index (Phi) is 4.34. The Bertz CT molecular complexity index is 723. The van der Waals surface area contributed by atoms with E-state index in [0.29, 0.717) is 0 Å². The van der Waals surface area contributed by atoms with Gasteiger partial charge in [0.2, 0.25) is 0 Å². The molecule has 0 saturated carbocycles. The Hall–Kier alpha value is -1.23. The van der Waals surface area contributed by atoms with E-state index in [1.54, 1.807) is 0 Å². The van der Waals surface area contributed by atoms with Crippen LogP contribution in [0.3, 0.4) is 0 Å². The van der Waals surface area contributed by atoms with Crippen LogP contribution in [-0.2, 0) is 11.0 Å². The molecule has 0 aliphatic carbocycles. The average Bonchev–Trinajstić information content (AvgIpc) is 2.43. The van der Waals surface area contributed by atoms with Gasteiger partial charge >= 0.3 is 0 Å². The minimum absolute atomic E-state index is 0.174. The van der Waals surface area contributed by atoms with Crippen LogP contribution in [0.4, 0.5) is 0 Å². The quantitative estimate of drug-likeness (QED) is 0.892. The lowest BCUT2D eigenvalue weighted by molar-refractivity contribution is -0.787. The van der Waals surface area contributed by atoms with Gasteiger partial charge in [-0.3, -0.25) is 0 Å². The molecule has 1 atom stereocenters. The summed E-state index contributed by atoms with van der Waals surface area (Å²) in [5, 5.41) is 4.76. The van der Waals surface area contributed by atoms with Gasteiger partial charge in [-0.1, -0.05) is 30.3 Å². The minimum atomic E-state index is -1.17. The third-order valence-corrected chi connectivity index (χ3v) is 5.76. The van der Waals surface area contributed by atoms with Crippen LogP contribution in [0.25, 0.3) is 10.8 Å². The van der Waals surface area contributed by atoms with Crippen molar-refractivity contribution in [1.82, 2.24) is 4.72 Å². The molecule has 1 heterocycles. The Morgan fingerprint density at radius 1 is 1.00 bits per heavy atom. The van der Waals surface area contributed by atoms with Crippen LogP contribution >= 0.6 is 0 Å². The molecule has 2 aromatic rings. The van der Waals surface area contributed by atoms with E-state index in [1.807, 2.05) is 30.3 Å². The van der Waals surface area contributed by atoms with Crippen LogP contribution in [0, 0.1) is 0 Å². The van der Waals surface area contributed by atoms with Gasteiger partial charge in [-0.05, 0) is 50.6 Å². The second-order valence-corrected chi connectivity index (χ2v) is 9.37. The van der Waals surface area contributed by atoms with Crippen molar-refractivity contribution >= 4 is 21.8 Å². The van der Waals surface area contributed by atoms with Gasteiger partial charge in [0, 0.05) is 18.9 Å². The molecular weight excluding hydrogens is 304 g/mol. The summed E-state index contributed by atoms with van der Waals surface area (Å²) in [7, 11) is -1.17. The van der Waals surface area contributed by atoms with Crippen LogP contribution in [0.2, 0.25) is 0 Å². The zero-order chi connectivity index (χ0) is 16.7. The van der Waals surface area contributed by atoms with Gasteiger partial charge in [-0.15, -0.1) is 0 Å². The fraction of sp³-hybridized carbons (Fsp3) is 0.474. The molecule has 0 bridgehead atoms. The maximum Gasteiger partial charge on any atom is 0.125 e. The molecule has 3 nitrogen and oxygen atoms in total. The molecule has 2 aromatic carbocycles. The predicted molar refractivity (Wildman–Crippen MR) is 96.6 cm³/mol. The number of piperidine rings is 1. The topological polar surface area (TPSA) is 45.7 Å². The molecule has 3 rings (SSSR count). The molecular formula is C19H27N2OS+. The van der Waals surface area contributed by atoms with Gasteiger partial charge in [0.1, 0.15) is 11.0 Å². The van der Waals surface area contributed by atoms with E-state index in [2.05, 4.69) is 49.9 Å². The first-order chi connectivity index (χ1) is 10.7. The summed E-state index contributed by atoms with van der Waals surface area (Å²) in [5.74, 6) is 0. The third kappa shape index (κ3) is 4.00. The SMILES string of the molecule is CC1(C)CC(NS(=O)c2ccc3ccccc3c2)CC(C)(C)[NH2+]1. The van der Waals surface area contributed by atoms with Gasteiger partial charge in [-0.2, -0.15) is 0 Å². The first kappa shape index (κ1) is 16.6. The Morgan fingerprint density at radius 3 is 2.26 bits per heavy atom. The molecule has 1 aliphatic heterocycles. The van der Waals surface area contributed by atoms with Gasteiger partial charge in [-0.25, -0.2) is 8.93 Å². The van der Waals surface area contributed by atoms with Gasteiger partial charge in [0.25, 0.3) is 0 Å². The van der Waals surface area contributed by atoms with Crippen LogP contribution in [-0.4, -0.2) is 21.3 Å². The normalized spacial score (nSPS) is 22.1. The van der Waals surface area contributed by atoms with Crippen LogP contribution in [0.15, 0.2) is 47.4 Å². The number of hydrogen-bond donors (Lipinski definition) is 2. The van der Waals surface area contributed by atoms with E-state index in [4.69, 9.17) is 0 Å². The van der Waals surface area contributed by atoms with Crippen molar-refractivity contribution in [2.45, 2.75) is 62.6 Å². The maximum atomic E-state index is 12.8. The standard InChI is InChI=1S/C19H26N2OS/c1-18(2)12-16(13-19(3,4)21-18)20-23(22)17-10-9-14-7-5-6-8-15(14)11-17/h5-11,16,20-21H,12-13H2,1-4H3/p+1. The second kappa shape index (κ2) is 6.00. The van der Waals surface area contributed by atoms with Crippen molar-refractivity contribution < 1.29 is 9.53 Å². The van der Waals surface area contributed by atoms with E-state index < -0.39 is 11.0 Å². The monoisotopic (exact) mass is 331 g/mol. The molecule has 124 valence electrons. The van der Waals surface area contributed by atoms with Gasteiger partial charge in [0.05, 0.1) is 16.0 Å². The van der Waals surface area contributed by atoms with Crippen LogP contribution in [0.1, 0.15) is 40.5 Å². The van der Waals surface area contributed by atoms with Crippen LogP contribution < -0.4 is 10.0 Å². The molecule has 0 spiro atoms. The molecule has 0 aromatic heterocycles. The molecule has 0 radical (unpaired) electrons. The minimum Gasteiger partial charge on any atom is -0.337 e. The second-order valence-electron chi connectivity index (χ2n) is 8.12. The fourth-order valence-electron chi connectivity index (χ4n) is 4.10. The molecule has 1 aliphatic rings. The van der Waals surface area contributed by atoms with Crippen molar-refractivity contribution in [3.63, 3.8) is 0 Å². The lowest BCUT2D eigenvalue weighted by Crippen LogP contribution is -3.06. The van der Waals surface area contributed by atoms with E-state index in [1.165, 1.54) is 5.39 Å². The molecule has 1 unspecified atom stereocenters. The number of benzene rings is 2. The summed E-state index contributed by atoms with van der Waals surface area (Å²) in [5.41, 5.74) is 0.347. The lowest BCUT2D eigenvalue weighted by atomic mass is 9.80. The number of fused-ring (bicyclic) bond motifs is 1. The third-order valence-electron chi connectivity index (χ3n) is 4.54. The van der Waals surface area contributed by atoms with Crippen molar-refractivity contribution in [1.29, 1.82) is 0 Å². The summed E-state index contributed by atoms with van der Waals surface area (Å²) in [6.45, 7) is 9.06. The van der Waals surface area contributed by atoms with E-state index in [9.17, 15) is 4.21 Å². The Labute approximate surface area is 141 Å². The summed E-state index contributed by atoms with van der Waals surface area (Å²) < 4.78 is 16.1. The predicted octanol–water partition coefficient (Wildman–Crippen LogP) is 2.74. The molecule has 1 saturated heterocycles. The number of rotatable bonds is 3. The van der Waals surface area contributed by atoms with E-state index in [0.717, 1.165) is 23.1 Å². The smallest absolute Gasteiger partial charge is 0.125 e. The highest BCUT2D eigenvalue weighted by Gasteiger charge is 2.42.